The highest BCUT2D eigenvalue weighted by Crippen LogP contribution is 2.10. The summed E-state index contributed by atoms with van der Waals surface area (Å²) >= 11 is 0. The first-order chi connectivity index (χ1) is 6.33. The Morgan fingerprint density at radius 3 is 2.54 bits per heavy atom. The summed E-state index contributed by atoms with van der Waals surface area (Å²) in [5, 5.41) is 9.69. The number of unbranched alkanes of at least 4 members (excludes halogenated alkanes) is 2. The van der Waals surface area contributed by atoms with Gasteiger partial charge in [0.15, 0.2) is 0 Å². The maximum atomic E-state index is 9.69. The Morgan fingerprint density at radius 1 is 1.23 bits per heavy atom. The third-order valence-corrected chi connectivity index (χ3v) is 2.81. The van der Waals surface area contributed by atoms with Gasteiger partial charge in [-0.2, -0.15) is 0 Å². The quantitative estimate of drug-likeness (QED) is 0.640. The van der Waals surface area contributed by atoms with E-state index in [4.69, 9.17) is 0 Å². The lowest BCUT2D eigenvalue weighted by atomic mass is 10.1. The molecule has 1 aliphatic rings. The minimum Gasteiger partial charge on any atom is -0.392 e. The summed E-state index contributed by atoms with van der Waals surface area (Å²) in [5.41, 5.74) is 0. The lowest BCUT2D eigenvalue weighted by molar-refractivity contribution is 0.114. The first-order valence-corrected chi connectivity index (χ1v) is 5.73. The molecule has 1 heterocycles. The molecule has 2 nitrogen and oxygen atoms in total. The lowest BCUT2D eigenvalue weighted by Gasteiger charge is -2.18. The Balaban J connectivity index is 1.99. The summed E-state index contributed by atoms with van der Waals surface area (Å²) in [6.07, 6.45) is 7.25. The van der Waals surface area contributed by atoms with Crippen molar-refractivity contribution in [3.8, 4) is 0 Å². The van der Waals surface area contributed by atoms with Crippen molar-refractivity contribution in [2.75, 3.05) is 19.6 Å². The Hall–Kier alpha value is -0.0800. The monoisotopic (exact) mass is 185 g/mol. The second-order valence-electron chi connectivity index (χ2n) is 4.16. The van der Waals surface area contributed by atoms with Crippen LogP contribution in [-0.2, 0) is 0 Å². The summed E-state index contributed by atoms with van der Waals surface area (Å²) in [7, 11) is 0. The number of likely N-dealkylation sites (tertiary alicyclic amines) is 1. The van der Waals surface area contributed by atoms with Gasteiger partial charge < -0.3 is 10.0 Å². The van der Waals surface area contributed by atoms with E-state index in [9.17, 15) is 5.11 Å². The van der Waals surface area contributed by atoms with E-state index in [1.54, 1.807) is 0 Å². The molecule has 1 fully saturated rings. The average molecular weight is 185 g/mol. The Morgan fingerprint density at radius 2 is 1.92 bits per heavy atom. The van der Waals surface area contributed by atoms with E-state index < -0.39 is 0 Å². The van der Waals surface area contributed by atoms with Gasteiger partial charge in [0.2, 0.25) is 0 Å². The first-order valence-electron chi connectivity index (χ1n) is 5.73. The summed E-state index contributed by atoms with van der Waals surface area (Å²) in [5.74, 6) is 0. The van der Waals surface area contributed by atoms with E-state index >= 15 is 0 Å². The van der Waals surface area contributed by atoms with Crippen LogP contribution in [0.15, 0.2) is 0 Å². The smallest absolute Gasteiger partial charge is 0.0667 e. The third kappa shape index (κ3) is 4.63. The molecule has 1 saturated heterocycles. The molecule has 1 N–H and O–H groups in total. The van der Waals surface area contributed by atoms with Crippen molar-refractivity contribution in [2.24, 2.45) is 0 Å². The van der Waals surface area contributed by atoms with Gasteiger partial charge in [0.1, 0.15) is 0 Å². The zero-order chi connectivity index (χ0) is 9.52. The van der Waals surface area contributed by atoms with Crippen LogP contribution in [0.25, 0.3) is 0 Å². The molecule has 78 valence electrons. The van der Waals surface area contributed by atoms with Gasteiger partial charge in [0.05, 0.1) is 6.10 Å². The Kier molecular flexibility index (Phi) is 5.40. The van der Waals surface area contributed by atoms with E-state index in [-0.39, 0.29) is 6.10 Å². The maximum Gasteiger partial charge on any atom is 0.0667 e. The van der Waals surface area contributed by atoms with E-state index in [0.717, 1.165) is 13.0 Å². The topological polar surface area (TPSA) is 23.5 Å². The van der Waals surface area contributed by atoms with Crippen molar-refractivity contribution in [1.29, 1.82) is 0 Å². The number of rotatable bonds is 6. The molecular weight excluding hydrogens is 162 g/mol. The molecule has 0 spiro atoms. The fourth-order valence-electron chi connectivity index (χ4n) is 1.98. The molecule has 0 aromatic rings. The van der Waals surface area contributed by atoms with Gasteiger partial charge in [-0.25, -0.2) is 0 Å². The molecule has 0 aromatic heterocycles. The van der Waals surface area contributed by atoms with Crippen LogP contribution in [0.5, 0.6) is 0 Å². The van der Waals surface area contributed by atoms with Crippen LogP contribution in [0, 0.1) is 0 Å². The zero-order valence-corrected chi connectivity index (χ0v) is 8.84. The Labute approximate surface area is 81.9 Å². The summed E-state index contributed by atoms with van der Waals surface area (Å²) in [6, 6.07) is 0. The second-order valence-corrected chi connectivity index (χ2v) is 4.16. The lowest BCUT2D eigenvalue weighted by Crippen LogP contribution is -2.29. The maximum absolute atomic E-state index is 9.69. The van der Waals surface area contributed by atoms with E-state index in [2.05, 4.69) is 11.8 Å². The minimum absolute atomic E-state index is 0.0790. The fraction of sp³-hybridized carbons (Fsp3) is 1.00. The van der Waals surface area contributed by atoms with Crippen molar-refractivity contribution < 1.29 is 5.11 Å². The van der Waals surface area contributed by atoms with Crippen LogP contribution in [-0.4, -0.2) is 35.7 Å². The molecule has 0 amide bonds. The summed E-state index contributed by atoms with van der Waals surface area (Å²) in [4.78, 5) is 2.39. The van der Waals surface area contributed by atoms with Crippen LogP contribution >= 0.6 is 0 Å². The van der Waals surface area contributed by atoms with Gasteiger partial charge in [-0.15, -0.1) is 0 Å². The van der Waals surface area contributed by atoms with Gasteiger partial charge in [-0.1, -0.05) is 26.2 Å². The molecule has 0 bridgehead atoms. The second kappa shape index (κ2) is 6.39. The molecule has 0 unspecified atom stereocenters. The normalized spacial score (nSPS) is 20.8. The Bertz CT molecular complexity index is 121. The van der Waals surface area contributed by atoms with Gasteiger partial charge in [0.25, 0.3) is 0 Å². The van der Waals surface area contributed by atoms with Crippen LogP contribution in [0.1, 0.15) is 45.4 Å². The van der Waals surface area contributed by atoms with Gasteiger partial charge in [0, 0.05) is 6.54 Å². The fourth-order valence-corrected chi connectivity index (χ4v) is 1.98. The van der Waals surface area contributed by atoms with Crippen LogP contribution < -0.4 is 0 Å². The molecule has 1 rings (SSSR count). The number of aliphatic hydroxyl groups excluding tert-OH is 1. The zero-order valence-electron chi connectivity index (χ0n) is 8.84. The minimum atomic E-state index is -0.0790. The molecule has 1 aliphatic heterocycles. The molecule has 0 radical (unpaired) electrons. The van der Waals surface area contributed by atoms with Crippen molar-refractivity contribution in [3.63, 3.8) is 0 Å². The molecular formula is C11H23NO. The van der Waals surface area contributed by atoms with Crippen LogP contribution in [0.3, 0.4) is 0 Å². The van der Waals surface area contributed by atoms with Gasteiger partial charge >= 0.3 is 0 Å². The van der Waals surface area contributed by atoms with Crippen LogP contribution in [0.4, 0.5) is 0 Å². The molecule has 2 heteroatoms. The van der Waals surface area contributed by atoms with Crippen molar-refractivity contribution >= 4 is 0 Å². The predicted octanol–water partition coefficient (Wildman–Crippen LogP) is 2.02. The van der Waals surface area contributed by atoms with Crippen molar-refractivity contribution in [2.45, 2.75) is 51.6 Å². The number of hydrogen-bond acceptors (Lipinski definition) is 2. The van der Waals surface area contributed by atoms with Gasteiger partial charge in [-0.3, -0.25) is 0 Å². The van der Waals surface area contributed by atoms with E-state index in [1.807, 2.05) is 0 Å². The third-order valence-electron chi connectivity index (χ3n) is 2.81. The van der Waals surface area contributed by atoms with Gasteiger partial charge in [-0.05, 0) is 32.4 Å². The van der Waals surface area contributed by atoms with Crippen molar-refractivity contribution in [1.82, 2.24) is 4.90 Å². The first kappa shape index (κ1) is 11.0. The highest BCUT2D eigenvalue weighted by Gasteiger charge is 2.14. The average Bonchev–Trinajstić information content (AvgIpc) is 2.57. The standard InChI is InChI=1S/C11H23NO/c1-2-3-4-7-11(13)10-12-8-5-6-9-12/h11,13H,2-10H2,1H3/t11-/m0/s1. The molecule has 0 aromatic carbocycles. The number of hydrogen-bond donors (Lipinski definition) is 1. The van der Waals surface area contributed by atoms with Crippen molar-refractivity contribution in [3.05, 3.63) is 0 Å². The number of aliphatic hydroxyl groups is 1. The molecule has 0 saturated carbocycles. The summed E-state index contributed by atoms with van der Waals surface area (Å²) < 4.78 is 0. The molecule has 0 aliphatic carbocycles. The number of β-amino-alcohol motifs (C(OH)–C–C–N with tert-alkyl or cyclic N) is 1. The molecule has 1 atom stereocenters. The van der Waals surface area contributed by atoms with Crippen LogP contribution in [0.2, 0.25) is 0 Å². The SMILES string of the molecule is CCCCC[C@H](O)CN1CCCC1. The highest BCUT2D eigenvalue weighted by atomic mass is 16.3. The summed E-state index contributed by atoms with van der Waals surface area (Å²) in [6.45, 7) is 5.51. The highest BCUT2D eigenvalue weighted by molar-refractivity contribution is 4.70. The largest absolute Gasteiger partial charge is 0.392 e. The van der Waals surface area contributed by atoms with E-state index in [0.29, 0.717) is 0 Å². The number of nitrogens with zero attached hydrogens (tertiary/aromatic N) is 1. The predicted molar refractivity (Wildman–Crippen MR) is 55.8 cm³/mol. The van der Waals surface area contributed by atoms with E-state index in [1.165, 1.54) is 45.2 Å². The molecule has 13 heavy (non-hydrogen) atoms.